The fourth-order valence-electron chi connectivity index (χ4n) is 4.05. The van der Waals surface area contributed by atoms with Crippen molar-refractivity contribution in [3.8, 4) is 10.4 Å². The van der Waals surface area contributed by atoms with Crippen LogP contribution in [0.4, 0.5) is 10.1 Å². The molecule has 28 heavy (non-hydrogen) atoms. The van der Waals surface area contributed by atoms with Gasteiger partial charge < -0.3 is 5.73 Å². The monoisotopic (exact) mass is 419 g/mol. The van der Waals surface area contributed by atoms with Crippen molar-refractivity contribution in [3.63, 3.8) is 0 Å². The average Bonchev–Trinajstić information content (AvgIpc) is 3.41. The van der Waals surface area contributed by atoms with E-state index in [0.717, 1.165) is 37.6 Å². The topological polar surface area (TPSA) is 75.8 Å². The van der Waals surface area contributed by atoms with Crippen LogP contribution in [0, 0.1) is 5.82 Å². The van der Waals surface area contributed by atoms with Crippen LogP contribution in [0.5, 0.6) is 0 Å². The van der Waals surface area contributed by atoms with Crippen LogP contribution >= 0.6 is 11.3 Å². The second-order valence-corrected chi connectivity index (χ2v) is 11.0. The molecular weight excluding hydrogens is 399 g/mol. The number of benzene rings is 1. The lowest BCUT2D eigenvalue weighted by Gasteiger charge is -2.33. The second-order valence-electron chi connectivity index (χ2n) is 7.89. The van der Waals surface area contributed by atoms with Crippen molar-refractivity contribution >= 4 is 33.0 Å². The van der Waals surface area contributed by atoms with Crippen molar-refractivity contribution in [2.24, 2.45) is 10.7 Å². The molecule has 2 unspecified atom stereocenters. The molecule has 6 nitrogen and oxygen atoms in total. The zero-order valence-corrected chi connectivity index (χ0v) is 17.1. The van der Waals surface area contributed by atoms with E-state index in [-0.39, 0.29) is 17.5 Å². The first-order valence-corrected chi connectivity index (χ1v) is 11.3. The van der Waals surface area contributed by atoms with E-state index in [1.807, 2.05) is 18.2 Å². The minimum absolute atomic E-state index is 0.0276. The Labute approximate surface area is 167 Å². The standard InChI is InChI=1S/C19H20FN4O2S2/c1-11-15-9-24(11,15)14-7-12(6-13(20)8-14)16-4-5-17(27-16)19(2)10-28(25,26)23(3)18(21)22-19/h4-8,15H,1,9-10H2,2-3H3,(H2,21,22)/q+1/t15?,19-,24?/m0/s1. The van der Waals surface area contributed by atoms with Crippen LogP contribution in [-0.2, 0) is 15.6 Å². The quantitative estimate of drug-likeness (QED) is 0.614. The lowest BCUT2D eigenvalue weighted by molar-refractivity contribution is 0.482. The number of rotatable bonds is 3. The molecule has 5 rings (SSSR count). The maximum Gasteiger partial charge on any atom is 0.239 e. The van der Waals surface area contributed by atoms with Crippen molar-refractivity contribution < 1.29 is 12.8 Å². The van der Waals surface area contributed by atoms with Crippen molar-refractivity contribution in [3.05, 3.63) is 53.3 Å². The summed E-state index contributed by atoms with van der Waals surface area (Å²) in [5.41, 5.74) is 7.72. The summed E-state index contributed by atoms with van der Waals surface area (Å²) in [6, 6.07) is 9.28. The molecule has 4 heterocycles. The summed E-state index contributed by atoms with van der Waals surface area (Å²) in [6.45, 7) is 6.80. The molecule has 2 aromatic rings. The molecule has 3 aliphatic heterocycles. The van der Waals surface area contributed by atoms with Gasteiger partial charge in [-0.05, 0) is 31.7 Å². The number of quaternary nitrogens is 1. The van der Waals surface area contributed by atoms with Gasteiger partial charge in [0.25, 0.3) is 0 Å². The van der Waals surface area contributed by atoms with Crippen LogP contribution in [0.1, 0.15) is 11.8 Å². The lowest BCUT2D eigenvalue weighted by atomic mass is 10.0. The van der Waals surface area contributed by atoms with E-state index in [1.54, 1.807) is 13.0 Å². The molecule has 0 spiro atoms. The van der Waals surface area contributed by atoms with E-state index >= 15 is 0 Å². The molecule has 0 saturated carbocycles. The zero-order valence-electron chi connectivity index (χ0n) is 15.5. The van der Waals surface area contributed by atoms with E-state index in [0.29, 0.717) is 10.5 Å². The predicted molar refractivity (Wildman–Crippen MR) is 110 cm³/mol. The van der Waals surface area contributed by atoms with Gasteiger partial charge in [0.2, 0.25) is 22.0 Å². The average molecular weight is 420 g/mol. The molecule has 9 heteroatoms. The third kappa shape index (κ3) is 2.33. The molecule has 2 saturated heterocycles. The number of sulfonamides is 1. The summed E-state index contributed by atoms with van der Waals surface area (Å²) in [6.07, 6.45) is 0. The number of halogens is 1. The third-order valence-corrected chi connectivity index (χ3v) is 9.35. The maximum atomic E-state index is 14.3. The highest BCUT2D eigenvalue weighted by Crippen LogP contribution is 2.62. The summed E-state index contributed by atoms with van der Waals surface area (Å²) in [7, 11) is -2.14. The number of guanidine groups is 1. The van der Waals surface area contributed by atoms with Crippen molar-refractivity contribution in [2.45, 2.75) is 18.5 Å². The van der Waals surface area contributed by atoms with Gasteiger partial charge in [0.15, 0.2) is 12.2 Å². The van der Waals surface area contributed by atoms with Gasteiger partial charge in [-0.25, -0.2) is 26.6 Å². The van der Waals surface area contributed by atoms with Gasteiger partial charge in [0, 0.05) is 34.5 Å². The molecule has 1 aromatic heterocycles. The fraction of sp³-hybridized carbons (Fsp3) is 0.316. The largest absolute Gasteiger partial charge is 0.369 e. The Morgan fingerprint density at radius 2 is 2.11 bits per heavy atom. The minimum atomic E-state index is -3.53. The molecule has 2 N–H and O–H groups in total. The third-order valence-electron chi connectivity index (χ3n) is 6.02. The van der Waals surface area contributed by atoms with E-state index in [1.165, 1.54) is 24.5 Å². The summed E-state index contributed by atoms with van der Waals surface area (Å²) in [4.78, 5) is 6.08. The van der Waals surface area contributed by atoms with E-state index in [2.05, 4.69) is 11.6 Å². The summed E-state index contributed by atoms with van der Waals surface area (Å²) in [5, 5.41) is 0. The molecule has 2 fully saturated rings. The van der Waals surface area contributed by atoms with Crippen molar-refractivity contribution in [1.29, 1.82) is 0 Å². The molecule has 146 valence electrons. The summed E-state index contributed by atoms with van der Waals surface area (Å²) in [5.74, 6) is -0.469. The molecule has 0 radical (unpaired) electrons. The number of thiophene rings is 1. The first-order valence-electron chi connectivity index (χ1n) is 8.88. The van der Waals surface area contributed by atoms with Crippen LogP contribution in [0.25, 0.3) is 10.4 Å². The van der Waals surface area contributed by atoms with Gasteiger partial charge in [-0.3, -0.25) is 0 Å². The van der Waals surface area contributed by atoms with Gasteiger partial charge in [0.05, 0.1) is 5.75 Å². The molecule has 0 amide bonds. The van der Waals surface area contributed by atoms with Crippen molar-refractivity contribution in [1.82, 2.24) is 8.79 Å². The van der Waals surface area contributed by atoms with Gasteiger partial charge in [-0.1, -0.05) is 0 Å². The lowest BCUT2D eigenvalue weighted by Crippen LogP contribution is -2.50. The van der Waals surface area contributed by atoms with E-state index in [9.17, 15) is 12.8 Å². The van der Waals surface area contributed by atoms with Crippen LogP contribution in [-0.4, -0.2) is 44.1 Å². The smallest absolute Gasteiger partial charge is 0.239 e. The normalized spacial score (nSPS) is 32.7. The van der Waals surface area contributed by atoms with E-state index < -0.39 is 15.6 Å². The fourth-order valence-corrected chi connectivity index (χ4v) is 6.67. The molecule has 0 aliphatic carbocycles. The van der Waals surface area contributed by atoms with Crippen molar-refractivity contribution in [2.75, 3.05) is 19.3 Å². The number of aliphatic imine (C=N–C) groups is 1. The number of hydrogen-bond donors (Lipinski definition) is 1. The van der Waals surface area contributed by atoms with Crippen LogP contribution in [0.2, 0.25) is 0 Å². The maximum absolute atomic E-state index is 14.3. The van der Waals surface area contributed by atoms with Crippen LogP contribution in [0.3, 0.4) is 0 Å². The Morgan fingerprint density at radius 1 is 1.39 bits per heavy atom. The minimum Gasteiger partial charge on any atom is -0.369 e. The first kappa shape index (κ1) is 17.8. The Kier molecular flexibility index (Phi) is 3.33. The Hall–Kier alpha value is -2.23. The van der Waals surface area contributed by atoms with Gasteiger partial charge in [-0.2, -0.15) is 0 Å². The Bertz CT molecular complexity index is 1190. The highest BCUT2D eigenvalue weighted by atomic mass is 32.2. The summed E-state index contributed by atoms with van der Waals surface area (Å²) < 4.78 is 40.8. The molecule has 3 aliphatic rings. The Balaban J connectivity index is 1.53. The Morgan fingerprint density at radius 3 is 2.71 bits per heavy atom. The number of fused-ring (bicyclic) bond motifs is 1. The van der Waals surface area contributed by atoms with Crippen LogP contribution < -0.4 is 10.2 Å². The molecular formula is C19H20FN4O2S2+. The first-order chi connectivity index (χ1) is 13.1. The van der Waals surface area contributed by atoms with Gasteiger partial charge in [0.1, 0.15) is 17.0 Å². The highest BCUT2D eigenvalue weighted by molar-refractivity contribution is 7.89. The number of nitrogens with two attached hydrogens (primary N) is 1. The van der Waals surface area contributed by atoms with Gasteiger partial charge >= 0.3 is 0 Å². The molecule has 3 atom stereocenters. The SMILES string of the molecule is C=C1C2C[N+]12c1cc(F)cc(-c2ccc([C@]3(C)CS(=O)(=O)N(C)C(N)=N3)s2)c1. The summed E-state index contributed by atoms with van der Waals surface area (Å²) >= 11 is 1.42. The van der Waals surface area contributed by atoms with E-state index in [4.69, 9.17) is 5.73 Å². The predicted octanol–water partition coefficient (Wildman–Crippen LogP) is 2.58. The number of hydrogen-bond acceptors (Lipinski definition) is 5. The van der Waals surface area contributed by atoms with Crippen LogP contribution in [0.15, 0.2) is 47.6 Å². The molecule has 0 bridgehead atoms. The second kappa shape index (κ2) is 5.22. The zero-order chi connectivity index (χ0) is 20.1. The van der Waals surface area contributed by atoms with Gasteiger partial charge in [-0.15, -0.1) is 11.3 Å². The molecule has 1 aromatic carbocycles. The highest BCUT2D eigenvalue weighted by Gasteiger charge is 2.80. The number of nitrogens with zero attached hydrogens (tertiary/aromatic N) is 3.